The Kier molecular flexibility index (Phi) is 5.15. The van der Waals surface area contributed by atoms with E-state index in [0.717, 1.165) is 29.5 Å². The molecule has 0 amide bonds. The van der Waals surface area contributed by atoms with Crippen LogP contribution in [0, 0.1) is 5.82 Å². The first kappa shape index (κ1) is 13.8. The number of hydrogen-bond acceptors (Lipinski definition) is 4. The lowest BCUT2D eigenvalue weighted by atomic mass is 10.4. The lowest BCUT2D eigenvalue weighted by Crippen LogP contribution is -2.04. The molecule has 0 saturated heterocycles. The number of nitrogens with zero attached hydrogens (tertiary/aromatic N) is 2. The van der Waals surface area contributed by atoms with Crippen LogP contribution >= 0.6 is 11.8 Å². The summed E-state index contributed by atoms with van der Waals surface area (Å²) in [6.45, 7) is 3.00. The third kappa shape index (κ3) is 4.52. The molecule has 0 aliphatic carbocycles. The molecule has 19 heavy (non-hydrogen) atoms. The van der Waals surface area contributed by atoms with Gasteiger partial charge >= 0.3 is 0 Å². The first-order valence-corrected chi connectivity index (χ1v) is 7.20. The summed E-state index contributed by atoms with van der Waals surface area (Å²) >= 11 is 1.53. The maximum absolute atomic E-state index is 13.0. The van der Waals surface area contributed by atoms with E-state index in [9.17, 15) is 4.39 Å². The van der Waals surface area contributed by atoms with E-state index in [1.807, 2.05) is 12.1 Å². The highest BCUT2D eigenvalue weighted by atomic mass is 32.2. The van der Waals surface area contributed by atoms with Crippen molar-refractivity contribution in [2.24, 2.45) is 0 Å². The Morgan fingerprint density at radius 3 is 3.00 bits per heavy atom. The molecule has 0 aliphatic rings. The van der Waals surface area contributed by atoms with Crippen LogP contribution in [0.4, 0.5) is 10.2 Å². The van der Waals surface area contributed by atoms with Gasteiger partial charge in [-0.05, 0) is 30.7 Å². The van der Waals surface area contributed by atoms with Crippen LogP contribution in [0.25, 0.3) is 0 Å². The standard InChI is InChI=1S/C14H16FN3S/c1-2-7-16-13-6-8-17-14(18-13)10-19-12-5-3-4-11(15)9-12/h3-6,8-9H,2,7,10H2,1H3,(H,16,17,18). The van der Waals surface area contributed by atoms with Crippen molar-refractivity contribution in [2.75, 3.05) is 11.9 Å². The van der Waals surface area contributed by atoms with Gasteiger partial charge in [0, 0.05) is 17.6 Å². The second-order valence-electron chi connectivity index (χ2n) is 4.03. The van der Waals surface area contributed by atoms with E-state index in [4.69, 9.17) is 0 Å². The van der Waals surface area contributed by atoms with E-state index >= 15 is 0 Å². The van der Waals surface area contributed by atoms with Crippen LogP contribution in [0.15, 0.2) is 41.4 Å². The maximum Gasteiger partial charge on any atom is 0.140 e. The fourth-order valence-electron chi connectivity index (χ4n) is 1.52. The van der Waals surface area contributed by atoms with Gasteiger partial charge in [-0.25, -0.2) is 14.4 Å². The van der Waals surface area contributed by atoms with Crippen molar-refractivity contribution in [2.45, 2.75) is 24.0 Å². The Morgan fingerprint density at radius 2 is 2.21 bits per heavy atom. The van der Waals surface area contributed by atoms with Crippen molar-refractivity contribution in [1.29, 1.82) is 0 Å². The topological polar surface area (TPSA) is 37.8 Å². The van der Waals surface area contributed by atoms with Gasteiger partial charge in [0.15, 0.2) is 0 Å². The molecule has 1 aromatic heterocycles. The Morgan fingerprint density at radius 1 is 1.32 bits per heavy atom. The molecule has 2 aromatic rings. The van der Waals surface area contributed by atoms with Gasteiger partial charge in [0.25, 0.3) is 0 Å². The van der Waals surface area contributed by atoms with Gasteiger partial charge in [0.1, 0.15) is 17.5 Å². The van der Waals surface area contributed by atoms with Crippen LogP contribution in [0.1, 0.15) is 19.2 Å². The zero-order valence-electron chi connectivity index (χ0n) is 10.8. The number of benzene rings is 1. The molecule has 0 bridgehead atoms. The largest absolute Gasteiger partial charge is 0.370 e. The summed E-state index contributed by atoms with van der Waals surface area (Å²) in [5.74, 6) is 2.00. The van der Waals surface area contributed by atoms with Crippen LogP contribution in [-0.2, 0) is 5.75 Å². The van der Waals surface area contributed by atoms with Gasteiger partial charge < -0.3 is 5.32 Å². The summed E-state index contributed by atoms with van der Waals surface area (Å²) < 4.78 is 13.0. The summed E-state index contributed by atoms with van der Waals surface area (Å²) in [5, 5.41) is 3.22. The van der Waals surface area contributed by atoms with Crippen molar-refractivity contribution in [3.05, 3.63) is 48.2 Å². The molecule has 0 aliphatic heterocycles. The summed E-state index contributed by atoms with van der Waals surface area (Å²) in [4.78, 5) is 9.51. The van der Waals surface area contributed by atoms with Crippen molar-refractivity contribution in [1.82, 2.24) is 9.97 Å². The quantitative estimate of drug-likeness (QED) is 0.816. The molecule has 3 nitrogen and oxygen atoms in total. The number of anilines is 1. The number of nitrogens with one attached hydrogen (secondary N) is 1. The van der Waals surface area contributed by atoms with Gasteiger partial charge in [-0.1, -0.05) is 13.0 Å². The fraction of sp³-hybridized carbons (Fsp3) is 0.286. The highest BCUT2D eigenvalue weighted by Crippen LogP contribution is 2.22. The molecule has 0 radical (unpaired) electrons. The van der Waals surface area contributed by atoms with Gasteiger partial charge in [-0.2, -0.15) is 0 Å². The molecule has 0 fully saturated rings. The minimum absolute atomic E-state index is 0.218. The second kappa shape index (κ2) is 7.09. The molecular formula is C14H16FN3S. The number of hydrogen-bond donors (Lipinski definition) is 1. The van der Waals surface area contributed by atoms with Gasteiger partial charge in [0.05, 0.1) is 5.75 Å². The van der Waals surface area contributed by atoms with E-state index in [1.54, 1.807) is 12.3 Å². The molecule has 0 spiro atoms. The highest BCUT2D eigenvalue weighted by Gasteiger charge is 2.01. The summed E-state index contributed by atoms with van der Waals surface area (Å²) in [7, 11) is 0. The minimum atomic E-state index is -0.218. The number of halogens is 1. The molecule has 5 heteroatoms. The third-order valence-corrected chi connectivity index (χ3v) is 3.42. The monoisotopic (exact) mass is 277 g/mol. The van der Waals surface area contributed by atoms with Crippen molar-refractivity contribution in [3.8, 4) is 0 Å². The van der Waals surface area contributed by atoms with E-state index < -0.39 is 0 Å². The first-order chi connectivity index (χ1) is 9.28. The van der Waals surface area contributed by atoms with Crippen molar-refractivity contribution < 1.29 is 4.39 Å². The van der Waals surface area contributed by atoms with Crippen LogP contribution in [0.5, 0.6) is 0 Å². The van der Waals surface area contributed by atoms with E-state index in [2.05, 4.69) is 22.2 Å². The van der Waals surface area contributed by atoms with Crippen LogP contribution in [0.2, 0.25) is 0 Å². The molecule has 0 unspecified atom stereocenters. The Bertz CT molecular complexity index is 534. The Hall–Kier alpha value is -1.62. The summed E-state index contributed by atoms with van der Waals surface area (Å²) in [5.41, 5.74) is 0. The molecular weight excluding hydrogens is 261 g/mol. The molecule has 0 saturated carbocycles. The van der Waals surface area contributed by atoms with Crippen molar-refractivity contribution >= 4 is 17.6 Å². The van der Waals surface area contributed by atoms with Gasteiger partial charge in [-0.3, -0.25) is 0 Å². The SMILES string of the molecule is CCCNc1ccnc(CSc2cccc(F)c2)n1. The molecule has 1 N–H and O–H groups in total. The van der Waals surface area contributed by atoms with Crippen molar-refractivity contribution in [3.63, 3.8) is 0 Å². The Labute approximate surface area is 116 Å². The van der Waals surface area contributed by atoms with E-state index in [0.29, 0.717) is 5.75 Å². The maximum atomic E-state index is 13.0. The van der Waals surface area contributed by atoms with E-state index in [-0.39, 0.29) is 5.82 Å². The predicted molar refractivity (Wildman–Crippen MR) is 76.8 cm³/mol. The predicted octanol–water partition coefficient (Wildman–Crippen LogP) is 3.73. The molecule has 0 atom stereocenters. The number of thioether (sulfide) groups is 1. The lowest BCUT2D eigenvalue weighted by molar-refractivity contribution is 0.624. The summed E-state index contributed by atoms with van der Waals surface area (Å²) in [6.07, 6.45) is 2.80. The Balaban J connectivity index is 1.95. The average Bonchev–Trinajstić information content (AvgIpc) is 2.43. The first-order valence-electron chi connectivity index (χ1n) is 6.22. The minimum Gasteiger partial charge on any atom is -0.370 e. The third-order valence-electron chi connectivity index (χ3n) is 2.43. The number of aromatic nitrogens is 2. The molecule has 1 heterocycles. The van der Waals surface area contributed by atoms with Gasteiger partial charge in [0.2, 0.25) is 0 Å². The molecule has 1 aromatic carbocycles. The van der Waals surface area contributed by atoms with Crippen LogP contribution < -0.4 is 5.32 Å². The lowest BCUT2D eigenvalue weighted by Gasteiger charge is -2.05. The fourth-order valence-corrected chi connectivity index (χ4v) is 2.33. The zero-order chi connectivity index (χ0) is 13.5. The second-order valence-corrected chi connectivity index (χ2v) is 5.08. The average molecular weight is 277 g/mol. The zero-order valence-corrected chi connectivity index (χ0v) is 11.6. The normalized spacial score (nSPS) is 10.4. The van der Waals surface area contributed by atoms with Gasteiger partial charge in [-0.15, -0.1) is 11.8 Å². The molecule has 100 valence electrons. The smallest absolute Gasteiger partial charge is 0.140 e. The van der Waals surface area contributed by atoms with Crippen LogP contribution in [-0.4, -0.2) is 16.5 Å². The van der Waals surface area contributed by atoms with E-state index in [1.165, 1.54) is 23.9 Å². The highest BCUT2D eigenvalue weighted by molar-refractivity contribution is 7.98. The van der Waals surface area contributed by atoms with Crippen LogP contribution in [0.3, 0.4) is 0 Å². The number of rotatable bonds is 6. The summed E-state index contributed by atoms with van der Waals surface area (Å²) in [6, 6.07) is 8.40. The molecule has 2 rings (SSSR count).